The molecule has 1 aliphatic carbocycles. The Hall–Kier alpha value is -2.51. The van der Waals surface area contributed by atoms with Crippen LogP contribution < -0.4 is 10.9 Å². The van der Waals surface area contributed by atoms with Crippen LogP contribution in [0.2, 0.25) is 0 Å². The van der Waals surface area contributed by atoms with Crippen molar-refractivity contribution in [3.63, 3.8) is 0 Å². The fourth-order valence-corrected chi connectivity index (χ4v) is 4.90. The number of aromatic amines is 1. The van der Waals surface area contributed by atoms with Crippen molar-refractivity contribution >= 4 is 27.5 Å². The molecule has 2 aromatic heterocycles. The first-order valence-corrected chi connectivity index (χ1v) is 10.7. The zero-order valence-electron chi connectivity index (χ0n) is 15.5. The van der Waals surface area contributed by atoms with E-state index in [0.717, 1.165) is 48.2 Å². The predicted molar refractivity (Wildman–Crippen MR) is 110 cm³/mol. The molecule has 0 unspecified atom stereocenters. The number of nitrogens with zero attached hydrogens (tertiary/aromatic N) is 2. The van der Waals surface area contributed by atoms with Crippen LogP contribution in [0.4, 0.5) is 0 Å². The SMILES string of the molecule is O=C(NC1CC1)[C@@H]1CCCN1Cc1nc2scc(-c3ccccc3)c2c(=O)[nH]1. The first-order chi connectivity index (χ1) is 13.7. The van der Waals surface area contributed by atoms with E-state index in [9.17, 15) is 9.59 Å². The van der Waals surface area contributed by atoms with Gasteiger partial charge < -0.3 is 10.3 Å². The monoisotopic (exact) mass is 394 g/mol. The lowest BCUT2D eigenvalue weighted by atomic mass is 10.1. The summed E-state index contributed by atoms with van der Waals surface area (Å²) in [5, 5.41) is 5.74. The molecule has 1 amide bonds. The van der Waals surface area contributed by atoms with Crippen LogP contribution >= 0.6 is 11.3 Å². The van der Waals surface area contributed by atoms with E-state index in [1.54, 1.807) is 0 Å². The molecule has 1 aliphatic heterocycles. The number of likely N-dealkylation sites (tertiary alicyclic amines) is 1. The van der Waals surface area contributed by atoms with Gasteiger partial charge in [0, 0.05) is 17.0 Å². The Morgan fingerprint density at radius 1 is 1.25 bits per heavy atom. The third kappa shape index (κ3) is 3.36. The van der Waals surface area contributed by atoms with Crippen molar-refractivity contribution < 1.29 is 4.79 Å². The number of H-pyrrole nitrogens is 1. The van der Waals surface area contributed by atoms with E-state index in [-0.39, 0.29) is 17.5 Å². The highest BCUT2D eigenvalue weighted by atomic mass is 32.1. The largest absolute Gasteiger partial charge is 0.352 e. The molecule has 7 heteroatoms. The fraction of sp³-hybridized carbons (Fsp3) is 0.381. The zero-order chi connectivity index (χ0) is 19.1. The van der Waals surface area contributed by atoms with Crippen molar-refractivity contribution in [1.29, 1.82) is 0 Å². The van der Waals surface area contributed by atoms with Crippen LogP contribution in [-0.4, -0.2) is 39.4 Å². The number of nitrogens with one attached hydrogen (secondary N) is 2. The van der Waals surface area contributed by atoms with Crippen molar-refractivity contribution in [3.8, 4) is 11.1 Å². The number of hydrogen-bond donors (Lipinski definition) is 2. The van der Waals surface area contributed by atoms with E-state index in [4.69, 9.17) is 4.98 Å². The second-order valence-electron chi connectivity index (χ2n) is 7.62. The third-order valence-corrected chi connectivity index (χ3v) is 6.39. The molecule has 1 aromatic carbocycles. The molecule has 2 fully saturated rings. The Morgan fingerprint density at radius 3 is 2.86 bits per heavy atom. The number of aromatic nitrogens is 2. The van der Waals surface area contributed by atoms with Gasteiger partial charge in [-0.1, -0.05) is 30.3 Å². The van der Waals surface area contributed by atoms with Crippen LogP contribution in [-0.2, 0) is 11.3 Å². The average Bonchev–Trinajstić information content (AvgIpc) is 3.21. The van der Waals surface area contributed by atoms with Crippen LogP contribution in [0.25, 0.3) is 21.3 Å². The van der Waals surface area contributed by atoms with Crippen molar-refractivity contribution in [3.05, 3.63) is 51.9 Å². The second-order valence-corrected chi connectivity index (χ2v) is 8.48. The quantitative estimate of drug-likeness (QED) is 0.698. The number of amides is 1. The third-order valence-electron chi connectivity index (χ3n) is 5.52. The summed E-state index contributed by atoms with van der Waals surface area (Å²) < 4.78 is 0. The van der Waals surface area contributed by atoms with E-state index >= 15 is 0 Å². The molecular weight excluding hydrogens is 372 g/mol. The Labute approximate surface area is 166 Å². The highest BCUT2D eigenvalue weighted by Crippen LogP contribution is 2.31. The summed E-state index contributed by atoms with van der Waals surface area (Å²) in [4.78, 5) is 35.8. The van der Waals surface area contributed by atoms with Crippen molar-refractivity contribution in [2.45, 2.75) is 44.3 Å². The van der Waals surface area contributed by atoms with Gasteiger partial charge in [-0.2, -0.15) is 0 Å². The minimum absolute atomic E-state index is 0.113. The van der Waals surface area contributed by atoms with E-state index < -0.39 is 0 Å². The van der Waals surface area contributed by atoms with Crippen molar-refractivity contribution in [1.82, 2.24) is 20.2 Å². The summed E-state index contributed by atoms with van der Waals surface area (Å²) in [6.07, 6.45) is 4.03. The van der Waals surface area contributed by atoms with Gasteiger partial charge in [-0.15, -0.1) is 11.3 Å². The standard InChI is InChI=1S/C21H22N4O2S/c26-19(22-14-8-9-14)16-7-4-10-25(16)11-17-23-20(27)18-15(12-28-21(18)24-17)13-5-2-1-3-6-13/h1-3,5-6,12,14,16H,4,7-11H2,(H,22,26)(H,23,24,27)/t16-/m0/s1. The molecule has 1 saturated heterocycles. The highest BCUT2D eigenvalue weighted by Gasteiger charge is 2.34. The van der Waals surface area contributed by atoms with Gasteiger partial charge >= 0.3 is 0 Å². The molecular formula is C21H22N4O2S. The molecule has 0 spiro atoms. The maximum atomic E-state index is 12.8. The first kappa shape index (κ1) is 17.6. The minimum Gasteiger partial charge on any atom is -0.352 e. The van der Waals surface area contributed by atoms with Gasteiger partial charge in [-0.05, 0) is 37.8 Å². The van der Waals surface area contributed by atoms with Crippen LogP contribution in [0.3, 0.4) is 0 Å². The summed E-state index contributed by atoms with van der Waals surface area (Å²) in [6, 6.07) is 10.1. The topological polar surface area (TPSA) is 78.1 Å². The number of carbonyl (C=O) groups is 1. The summed E-state index contributed by atoms with van der Waals surface area (Å²) >= 11 is 1.49. The van der Waals surface area contributed by atoms with Gasteiger partial charge in [0.2, 0.25) is 5.91 Å². The molecule has 0 radical (unpaired) electrons. The number of benzene rings is 1. The van der Waals surface area contributed by atoms with E-state index in [1.165, 1.54) is 11.3 Å². The van der Waals surface area contributed by atoms with Crippen LogP contribution in [0, 0.1) is 0 Å². The number of rotatable bonds is 5. The molecule has 0 bridgehead atoms. The molecule has 6 nitrogen and oxygen atoms in total. The van der Waals surface area contributed by atoms with E-state index in [0.29, 0.717) is 23.8 Å². The van der Waals surface area contributed by atoms with Gasteiger partial charge in [0.25, 0.3) is 5.56 Å². The van der Waals surface area contributed by atoms with Gasteiger partial charge in [-0.3, -0.25) is 14.5 Å². The highest BCUT2D eigenvalue weighted by molar-refractivity contribution is 7.17. The Morgan fingerprint density at radius 2 is 2.07 bits per heavy atom. The summed E-state index contributed by atoms with van der Waals surface area (Å²) in [6.45, 7) is 1.34. The lowest BCUT2D eigenvalue weighted by Gasteiger charge is -2.23. The fourth-order valence-electron chi connectivity index (χ4n) is 3.93. The molecule has 144 valence electrons. The summed E-state index contributed by atoms with van der Waals surface area (Å²) in [7, 11) is 0. The summed E-state index contributed by atoms with van der Waals surface area (Å²) in [5.74, 6) is 0.746. The smallest absolute Gasteiger partial charge is 0.260 e. The normalized spacial score (nSPS) is 19.9. The van der Waals surface area contributed by atoms with Crippen LogP contribution in [0.1, 0.15) is 31.5 Å². The van der Waals surface area contributed by atoms with Gasteiger partial charge in [0.05, 0.1) is 18.0 Å². The lowest BCUT2D eigenvalue weighted by Crippen LogP contribution is -2.44. The second kappa shape index (κ2) is 7.14. The van der Waals surface area contributed by atoms with Gasteiger partial charge in [0.15, 0.2) is 0 Å². The molecule has 28 heavy (non-hydrogen) atoms. The Bertz CT molecular complexity index is 1070. The maximum Gasteiger partial charge on any atom is 0.260 e. The number of thiophene rings is 1. The Balaban J connectivity index is 1.41. The van der Waals surface area contributed by atoms with Crippen LogP contribution in [0.5, 0.6) is 0 Å². The molecule has 5 rings (SSSR count). The van der Waals surface area contributed by atoms with E-state index in [1.807, 2.05) is 35.7 Å². The predicted octanol–water partition coefficient (Wildman–Crippen LogP) is 2.89. The molecule has 1 saturated carbocycles. The average molecular weight is 395 g/mol. The molecule has 3 aromatic rings. The minimum atomic E-state index is -0.121. The zero-order valence-corrected chi connectivity index (χ0v) is 16.3. The van der Waals surface area contributed by atoms with Gasteiger partial charge in [0.1, 0.15) is 10.7 Å². The molecule has 3 heterocycles. The number of hydrogen-bond acceptors (Lipinski definition) is 5. The first-order valence-electron chi connectivity index (χ1n) is 9.79. The summed E-state index contributed by atoms with van der Waals surface area (Å²) in [5.41, 5.74) is 1.83. The molecule has 1 atom stereocenters. The molecule has 2 aliphatic rings. The van der Waals surface area contributed by atoms with Gasteiger partial charge in [-0.25, -0.2) is 4.98 Å². The lowest BCUT2D eigenvalue weighted by molar-refractivity contribution is -0.125. The number of fused-ring (bicyclic) bond motifs is 1. The van der Waals surface area contributed by atoms with E-state index in [2.05, 4.69) is 15.2 Å². The molecule has 2 N–H and O–H groups in total. The van der Waals surface area contributed by atoms with Crippen molar-refractivity contribution in [2.24, 2.45) is 0 Å². The van der Waals surface area contributed by atoms with Crippen molar-refractivity contribution in [2.75, 3.05) is 6.54 Å². The number of carbonyl (C=O) groups excluding carboxylic acids is 1. The maximum absolute atomic E-state index is 12.8. The Kier molecular flexibility index (Phi) is 4.49. The van der Waals surface area contributed by atoms with Crippen LogP contribution in [0.15, 0.2) is 40.5 Å².